The van der Waals surface area contributed by atoms with Gasteiger partial charge in [-0.3, -0.25) is 9.59 Å². The van der Waals surface area contributed by atoms with Gasteiger partial charge < -0.3 is 15.3 Å². The van der Waals surface area contributed by atoms with Gasteiger partial charge in [0.2, 0.25) is 0 Å². The largest absolute Gasteiger partial charge is 0.393 e. The highest BCUT2D eigenvalue weighted by molar-refractivity contribution is 6.51. The lowest BCUT2D eigenvalue weighted by molar-refractivity contribution is -0.112. The summed E-state index contributed by atoms with van der Waals surface area (Å²) in [4.78, 5) is 24.5. The summed E-state index contributed by atoms with van der Waals surface area (Å²) in [5.41, 5.74) is 0.807. The molecule has 6 heteroatoms. The number of anilines is 2. The quantitative estimate of drug-likeness (QED) is 0.740. The van der Waals surface area contributed by atoms with Gasteiger partial charge in [0.1, 0.15) is 5.82 Å². The van der Waals surface area contributed by atoms with Gasteiger partial charge in [-0.1, -0.05) is 0 Å². The first-order valence-electron chi connectivity index (χ1n) is 6.18. The number of benzene rings is 1. The molecule has 2 aliphatic heterocycles. The summed E-state index contributed by atoms with van der Waals surface area (Å²) >= 11 is 0. The summed E-state index contributed by atoms with van der Waals surface area (Å²) in [6.07, 6.45) is 0.832. The Bertz CT molecular complexity index is 565. The van der Waals surface area contributed by atoms with Crippen molar-refractivity contribution in [1.82, 2.24) is 0 Å². The molecule has 0 saturated carbocycles. The topological polar surface area (TPSA) is 69.6 Å². The standard InChI is InChI=1S/C13H13FN2O3/c14-9-5-8-10(15-13(19)12(8)18)6-11(9)16-3-1-7(17)2-4-16/h5-7,17H,1-4H2,(H,15,18,19). The number of nitrogens with zero attached hydrogens (tertiary/aromatic N) is 1. The van der Waals surface area contributed by atoms with Crippen molar-refractivity contribution in [1.29, 1.82) is 0 Å². The molecule has 3 rings (SSSR count). The number of amides is 1. The molecule has 0 aromatic heterocycles. The maximum absolute atomic E-state index is 14.0. The smallest absolute Gasteiger partial charge is 0.296 e. The lowest BCUT2D eigenvalue weighted by atomic mass is 10.1. The summed E-state index contributed by atoms with van der Waals surface area (Å²) in [5.74, 6) is -1.94. The van der Waals surface area contributed by atoms with E-state index < -0.39 is 17.5 Å². The molecule has 2 heterocycles. The van der Waals surface area contributed by atoms with Crippen molar-refractivity contribution in [3.8, 4) is 0 Å². The van der Waals surface area contributed by atoms with Crippen LogP contribution in [0.25, 0.3) is 0 Å². The highest BCUT2D eigenvalue weighted by Gasteiger charge is 2.30. The van der Waals surface area contributed by atoms with Crippen molar-refractivity contribution in [3.05, 3.63) is 23.5 Å². The van der Waals surface area contributed by atoms with Crippen molar-refractivity contribution in [2.45, 2.75) is 18.9 Å². The number of hydrogen-bond acceptors (Lipinski definition) is 4. The van der Waals surface area contributed by atoms with Crippen LogP contribution in [0.3, 0.4) is 0 Å². The zero-order valence-electron chi connectivity index (χ0n) is 10.1. The Morgan fingerprint density at radius 2 is 1.95 bits per heavy atom. The van der Waals surface area contributed by atoms with Crippen LogP contribution in [-0.2, 0) is 4.79 Å². The average Bonchev–Trinajstić information content (AvgIpc) is 2.66. The molecular weight excluding hydrogens is 251 g/mol. The Kier molecular flexibility index (Phi) is 2.74. The second-order valence-corrected chi connectivity index (χ2v) is 4.85. The van der Waals surface area contributed by atoms with Gasteiger partial charge in [-0.25, -0.2) is 4.39 Å². The zero-order valence-corrected chi connectivity index (χ0v) is 10.1. The highest BCUT2D eigenvalue weighted by Crippen LogP contribution is 2.32. The second-order valence-electron chi connectivity index (χ2n) is 4.85. The summed E-state index contributed by atoms with van der Waals surface area (Å²) < 4.78 is 14.0. The fourth-order valence-corrected chi connectivity index (χ4v) is 2.50. The number of rotatable bonds is 1. The van der Waals surface area contributed by atoms with E-state index in [0.717, 1.165) is 6.07 Å². The SMILES string of the molecule is O=C1Nc2cc(N3CCC(O)CC3)c(F)cc2C1=O. The molecule has 19 heavy (non-hydrogen) atoms. The highest BCUT2D eigenvalue weighted by atomic mass is 19.1. The van der Waals surface area contributed by atoms with Gasteiger partial charge in [-0.05, 0) is 25.0 Å². The minimum atomic E-state index is -0.722. The van der Waals surface area contributed by atoms with Crippen LogP contribution in [-0.4, -0.2) is 36.0 Å². The number of aliphatic hydroxyl groups is 1. The first kappa shape index (κ1) is 12.1. The number of ketones is 1. The Morgan fingerprint density at radius 1 is 1.26 bits per heavy atom. The zero-order chi connectivity index (χ0) is 13.6. The van der Waals surface area contributed by atoms with E-state index in [4.69, 9.17) is 0 Å². The molecule has 0 unspecified atom stereocenters. The molecule has 0 bridgehead atoms. The van der Waals surface area contributed by atoms with Gasteiger partial charge in [-0.2, -0.15) is 0 Å². The van der Waals surface area contributed by atoms with Crippen LogP contribution in [0.15, 0.2) is 12.1 Å². The lowest BCUT2D eigenvalue weighted by Gasteiger charge is -2.31. The van der Waals surface area contributed by atoms with E-state index in [9.17, 15) is 19.1 Å². The van der Waals surface area contributed by atoms with Crippen molar-refractivity contribution < 1.29 is 19.1 Å². The monoisotopic (exact) mass is 264 g/mol. The van der Waals surface area contributed by atoms with Crippen LogP contribution in [0, 0.1) is 5.82 Å². The van der Waals surface area contributed by atoms with Crippen molar-refractivity contribution in [2.24, 2.45) is 0 Å². The molecule has 1 fully saturated rings. The molecule has 1 amide bonds. The van der Waals surface area contributed by atoms with Gasteiger partial charge in [-0.15, -0.1) is 0 Å². The van der Waals surface area contributed by atoms with Crippen LogP contribution < -0.4 is 10.2 Å². The van der Waals surface area contributed by atoms with Crippen molar-refractivity contribution in [3.63, 3.8) is 0 Å². The van der Waals surface area contributed by atoms with E-state index in [0.29, 0.717) is 37.3 Å². The van der Waals surface area contributed by atoms with Gasteiger partial charge in [0, 0.05) is 13.1 Å². The van der Waals surface area contributed by atoms with Crippen LogP contribution >= 0.6 is 0 Å². The Labute approximate surface area is 109 Å². The normalized spacial score (nSPS) is 19.6. The number of Topliss-reactive ketones (excluding diaryl/α,β-unsaturated/α-hetero) is 1. The molecule has 0 aliphatic carbocycles. The first-order chi connectivity index (χ1) is 9.06. The lowest BCUT2D eigenvalue weighted by Crippen LogP contribution is -2.36. The second kappa shape index (κ2) is 4.31. The van der Waals surface area contributed by atoms with E-state index in [1.807, 2.05) is 4.90 Å². The molecule has 2 N–H and O–H groups in total. The summed E-state index contributed by atoms with van der Waals surface area (Å²) in [6.45, 7) is 1.11. The molecule has 0 spiro atoms. The maximum Gasteiger partial charge on any atom is 0.296 e. The summed E-state index contributed by atoms with van der Waals surface area (Å²) in [6, 6.07) is 2.60. The summed E-state index contributed by atoms with van der Waals surface area (Å²) in [7, 11) is 0. The third-order valence-electron chi connectivity index (χ3n) is 3.59. The van der Waals surface area contributed by atoms with Gasteiger partial charge >= 0.3 is 0 Å². The molecule has 1 aromatic rings. The maximum atomic E-state index is 14.0. The molecule has 1 saturated heterocycles. The minimum Gasteiger partial charge on any atom is -0.393 e. The van der Waals surface area contributed by atoms with Crippen molar-refractivity contribution >= 4 is 23.1 Å². The van der Waals surface area contributed by atoms with Gasteiger partial charge in [0.25, 0.3) is 11.7 Å². The van der Waals surface area contributed by atoms with E-state index >= 15 is 0 Å². The molecule has 0 atom stereocenters. The third-order valence-corrected chi connectivity index (χ3v) is 3.59. The number of fused-ring (bicyclic) bond motifs is 1. The molecule has 1 aromatic carbocycles. The molecule has 5 nitrogen and oxygen atoms in total. The number of piperidine rings is 1. The van der Waals surface area contributed by atoms with Crippen LogP contribution in [0.1, 0.15) is 23.2 Å². The van der Waals surface area contributed by atoms with Crippen LogP contribution in [0.4, 0.5) is 15.8 Å². The number of carbonyl (C=O) groups is 2. The predicted octanol–water partition coefficient (Wildman–Crippen LogP) is 0.922. The van der Waals surface area contributed by atoms with E-state index in [1.165, 1.54) is 6.07 Å². The minimum absolute atomic E-state index is 0.0864. The number of hydrogen-bond donors (Lipinski definition) is 2. The number of carbonyl (C=O) groups excluding carboxylic acids is 2. The van der Waals surface area contributed by atoms with Gasteiger partial charge in [0.15, 0.2) is 0 Å². The molecule has 0 radical (unpaired) electrons. The van der Waals surface area contributed by atoms with Gasteiger partial charge in [0.05, 0.1) is 23.0 Å². The average molecular weight is 264 g/mol. The predicted molar refractivity (Wildman–Crippen MR) is 66.8 cm³/mol. The van der Waals surface area contributed by atoms with Crippen molar-refractivity contribution in [2.75, 3.05) is 23.3 Å². The Hall–Kier alpha value is -1.95. The van der Waals surface area contributed by atoms with E-state index in [2.05, 4.69) is 5.32 Å². The molecule has 2 aliphatic rings. The fraction of sp³-hybridized carbons (Fsp3) is 0.385. The number of nitrogens with one attached hydrogen (secondary N) is 1. The number of aliphatic hydroxyl groups excluding tert-OH is 1. The van der Waals surface area contributed by atoms with Crippen LogP contribution in [0.5, 0.6) is 0 Å². The van der Waals surface area contributed by atoms with E-state index in [1.54, 1.807) is 0 Å². The van der Waals surface area contributed by atoms with Crippen LogP contribution in [0.2, 0.25) is 0 Å². The Morgan fingerprint density at radius 3 is 2.63 bits per heavy atom. The molecular formula is C13H13FN2O3. The third kappa shape index (κ3) is 1.98. The first-order valence-corrected chi connectivity index (χ1v) is 6.18. The molecule has 100 valence electrons. The van der Waals surface area contributed by atoms with E-state index in [-0.39, 0.29) is 11.7 Å². The summed E-state index contributed by atoms with van der Waals surface area (Å²) in [5, 5.41) is 11.9. The Balaban J connectivity index is 1.94. The fourth-order valence-electron chi connectivity index (χ4n) is 2.50. The number of halogens is 1.